The van der Waals surface area contributed by atoms with Crippen LogP contribution in [-0.2, 0) is 0 Å². The van der Waals surface area contributed by atoms with Crippen LogP contribution in [0.3, 0.4) is 0 Å². The van der Waals surface area contributed by atoms with Gasteiger partial charge in [0, 0.05) is 16.2 Å². The number of benzene rings is 1. The average molecular weight is 287 g/mol. The Bertz CT molecular complexity index is 488. The van der Waals surface area contributed by atoms with Crippen LogP contribution < -0.4 is 5.73 Å². The van der Waals surface area contributed by atoms with Gasteiger partial charge in [0.1, 0.15) is 5.82 Å². The molecule has 1 aromatic carbocycles. The molecule has 0 spiro atoms. The Morgan fingerprint density at radius 1 is 1.47 bits per heavy atom. The third kappa shape index (κ3) is 2.01. The highest BCUT2D eigenvalue weighted by molar-refractivity contribution is 9.10. The van der Waals surface area contributed by atoms with E-state index in [1.54, 1.807) is 4.68 Å². The first-order valence-electron chi connectivity index (χ1n) is 4.35. The standard InChI is InChI=1S/C10H9BrClN3/c1-6-5-15(14-10(6)13)9-3-2-7(11)4-8(9)12/h2-5H,1H3,(H2,13,14). The van der Waals surface area contributed by atoms with E-state index in [0.29, 0.717) is 10.8 Å². The van der Waals surface area contributed by atoms with Gasteiger partial charge in [0.15, 0.2) is 0 Å². The van der Waals surface area contributed by atoms with Crippen molar-refractivity contribution < 1.29 is 0 Å². The summed E-state index contributed by atoms with van der Waals surface area (Å²) in [6.07, 6.45) is 1.85. The molecule has 1 heterocycles. The topological polar surface area (TPSA) is 43.8 Å². The summed E-state index contributed by atoms with van der Waals surface area (Å²) in [6.45, 7) is 1.91. The lowest BCUT2D eigenvalue weighted by molar-refractivity contribution is 0.885. The smallest absolute Gasteiger partial charge is 0.148 e. The molecule has 0 saturated heterocycles. The SMILES string of the molecule is Cc1cn(-c2ccc(Br)cc2Cl)nc1N. The van der Waals surface area contributed by atoms with Gasteiger partial charge in [-0.3, -0.25) is 0 Å². The van der Waals surface area contributed by atoms with Crippen LogP contribution in [0.2, 0.25) is 5.02 Å². The second-order valence-corrected chi connectivity index (χ2v) is 4.56. The van der Waals surface area contributed by atoms with Crippen LogP contribution in [-0.4, -0.2) is 9.78 Å². The quantitative estimate of drug-likeness (QED) is 0.875. The molecule has 78 valence electrons. The van der Waals surface area contributed by atoms with Crippen LogP contribution in [0.1, 0.15) is 5.56 Å². The normalized spacial score (nSPS) is 10.6. The third-order valence-electron chi connectivity index (χ3n) is 2.09. The average Bonchev–Trinajstić information content (AvgIpc) is 2.46. The molecule has 0 radical (unpaired) electrons. The molecule has 0 unspecified atom stereocenters. The zero-order valence-corrected chi connectivity index (χ0v) is 10.4. The van der Waals surface area contributed by atoms with Crippen molar-refractivity contribution in [3.63, 3.8) is 0 Å². The minimum absolute atomic E-state index is 0.522. The number of halogens is 2. The number of nitrogens with zero attached hydrogens (tertiary/aromatic N) is 2. The molecule has 2 aromatic rings. The number of hydrogen-bond donors (Lipinski definition) is 1. The van der Waals surface area contributed by atoms with Crippen LogP contribution in [0.25, 0.3) is 5.69 Å². The van der Waals surface area contributed by atoms with Gasteiger partial charge < -0.3 is 5.73 Å². The van der Waals surface area contributed by atoms with Crippen LogP contribution >= 0.6 is 27.5 Å². The summed E-state index contributed by atoms with van der Waals surface area (Å²) in [5.41, 5.74) is 7.43. The van der Waals surface area contributed by atoms with Gasteiger partial charge in [0.25, 0.3) is 0 Å². The summed E-state index contributed by atoms with van der Waals surface area (Å²) >= 11 is 9.44. The van der Waals surface area contributed by atoms with E-state index >= 15 is 0 Å². The number of aromatic nitrogens is 2. The minimum Gasteiger partial charge on any atom is -0.382 e. The molecule has 2 rings (SSSR count). The fourth-order valence-electron chi connectivity index (χ4n) is 1.26. The van der Waals surface area contributed by atoms with Crippen LogP contribution in [0.4, 0.5) is 5.82 Å². The molecule has 0 aliphatic carbocycles. The third-order valence-corrected chi connectivity index (χ3v) is 2.89. The fourth-order valence-corrected chi connectivity index (χ4v) is 2.02. The Labute approximate surface area is 101 Å². The number of anilines is 1. The predicted molar refractivity (Wildman–Crippen MR) is 65.4 cm³/mol. The number of aryl methyl sites for hydroxylation is 1. The molecule has 1 aromatic heterocycles. The number of nitrogen functional groups attached to an aromatic ring is 1. The number of nitrogens with two attached hydrogens (primary N) is 1. The summed E-state index contributed by atoms with van der Waals surface area (Å²) in [5.74, 6) is 0.522. The number of hydrogen-bond acceptors (Lipinski definition) is 2. The van der Waals surface area contributed by atoms with Crippen molar-refractivity contribution in [3.8, 4) is 5.69 Å². The van der Waals surface area contributed by atoms with Gasteiger partial charge in [0.05, 0.1) is 10.7 Å². The van der Waals surface area contributed by atoms with E-state index in [9.17, 15) is 0 Å². The van der Waals surface area contributed by atoms with Crippen molar-refractivity contribution in [1.82, 2.24) is 9.78 Å². The Kier molecular flexibility index (Phi) is 2.71. The van der Waals surface area contributed by atoms with E-state index in [1.807, 2.05) is 31.3 Å². The minimum atomic E-state index is 0.522. The fraction of sp³-hybridized carbons (Fsp3) is 0.100. The highest BCUT2D eigenvalue weighted by atomic mass is 79.9. The second kappa shape index (κ2) is 3.87. The largest absolute Gasteiger partial charge is 0.382 e. The summed E-state index contributed by atoms with van der Waals surface area (Å²) in [7, 11) is 0. The van der Waals surface area contributed by atoms with Crippen molar-refractivity contribution in [2.45, 2.75) is 6.92 Å². The molecule has 0 aliphatic heterocycles. The summed E-state index contributed by atoms with van der Waals surface area (Å²) in [4.78, 5) is 0. The molecule has 3 nitrogen and oxygen atoms in total. The molecule has 0 amide bonds. The lowest BCUT2D eigenvalue weighted by Crippen LogP contribution is -1.96. The number of rotatable bonds is 1. The zero-order chi connectivity index (χ0) is 11.0. The van der Waals surface area contributed by atoms with Gasteiger partial charge in [-0.2, -0.15) is 5.10 Å². The molecular weight excluding hydrogens is 277 g/mol. The monoisotopic (exact) mass is 285 g/mol. The lowest BCUT2D eigenvalue weighted by Gasteiger charge is -2.03. The van der Waals surface area contributed by atoms with Crippen LogP contribution in [0.15, 0.2) is 28.9 Å². The molecule has 0 saturated carbocycles. The zero-order valence-electron chi connectivity index (χ0n) is 8.04. The molecule has 15 heavy (non-hydrogen) atoms. The second-order valence-electron chi connectivity index (χ2n) is 3.24. The first-order chi connectivity index (χ1) is 7.08. The maximum absolute atomic E-state index is 6.09. The van der Waals surface area contributed by atoms with Gasteiger partial charge in [0.2, 0.25) is 0 Å². The molecule has 0 atom stereocenters. The van der Waals surface area contributed by atoms with E-state index in [-0.39, 0.29) is 0 Å². The van der Waals surface area contributed by atoms with E-state index in [4.69, 9.17) is 17.3 Å². The van der Waals surface area contributed by atoms with Crippen molar-refractivity contribution in [2.75, 3.05) is 5.73 Å². The molecule has 0 aliphatic rings. The van der Waals surface area contributed by atoms with Gasteiger partial charge in [-0.15, -0.1) is 0 Å². The van der Waals surface area contributed by atoms with Crippen LogP contribution in [0.5, 0.6) is 0 Å². The Balaban J connectivity index is 2.54. The van der Waals surface area contributed by atoms with Gasteiger partial charge >= 0.3 is 0 Å². The Hall–Kier alpha value is -1.00. The molecule has 2 N–H and O–H groups in total. The highest BCUT2D eigenvalue weighted by Crippen LogP contribution is 2.25. The molecule has 0 bridgehead atoms. The van der Waals surface area contributed by atoms with Crippen molar-refractivity contribution in [3.05, 3.63) is 39.5 Å². The lowest BCUT2D eigenvalue weighted by atomic mass is 10.3. The summed E-state index contributed by atoms with van der Waals surface area (Å²) < 4.78 is 2.62. The summed E-state index contributed by atoms with van der Waals surface area (Å²) in [6, 6.07) is 5.62. The van der Waals surface area contributed by atoms with E-state index in [1.165, 1.54) is 0 Å². The van der Waals surface area contributed by atoms with Crippen LogP contribution in [0, 0.1) is 6.92 Å². The molecule has 5 heteroatoms. The van der Waals surface area contributed by atoms with Crippen molar-refractivity contribution >= 4 is 33.3 Å². The van der Waals surface area contributed by atoms with E-state index in [0.717, 1.165) is 15.7 Å². The first-order valence-corrected chi connectivity index (χ1v) is 5.52. The Morgan fingerprint density at radius 2 is 2.20 bits per heavy atom. The maximum Gasteiger partial charge on any atom is 0.148 e. The predicted octanol–water partition coefficient (Wildman–Crippen LogP) is 3.18. The highest BCUT2D eigenvalue weighted by Gasteiger charge is 2.06. The van der Waals surface area contributed by atoms with Gasteiger partial charge in [-0.25, -0.2) is 4.68 Å². The first kappa shape index (κ1) is 10.5. The summed E-state index contributed by atoms with van der Waals surface area (Å²) in [5, 5.41) is 4.80. The van der Waals surface area contributed by atoms with Gasteiger partial charge in [-0.05, 0) is 25.1 Å². The molecular formula is C10H9BrClN3. The maximum atomic E-state index is 6.09. The van der Waals surface area contributed by atoms with E-state index < -0.39 is 0 Å². The van der Waals surface area contributed by atoms with Crippen molar-refractivity contribution in [1.29, 1.82) is 0 Å². The van der Waals surface area contributed by atoms with Gasteiger partial charge in [-0.1, -0.05) is 27.5 Å². The van der Waals surface area contributed by atoms with E-state index in [2.05, 4.69) is 21.0 Å². The Morgan fingerprint density at radius 3 is 2.73 bits per heavy atom. The van der Waals surface area contributed by atoms with Crippen molar-refractivity contribution in [2.24, 2.45) is 0 Å². The molecule has 0 fully saturated rings.